The van der Waals surface area contributed by atoms with Crippen LogP contribution < -0.4 is 15.8 Å². The van der Waals surface area contributed by atoms with E-state index in [0.717, 1.165) is 5.56 Å². The van der Waals surface area contributed by atoms with Gasteiger partial charge in [0.15, 0.2) is 0 Å². The van der Waals surface area contributed by atoms with E-state index in [0.29, 0.717) is 18.0 Å². The fourth-order valence-corrected chi connectivity index (χ4v) is 1.44. The SMILES string of the molecule is Cc1ccc(N)c(OCC(O)CNC(C)(C)C)c1.Cl.Cl. The zero-order valence-electron chi connectivity index (χ0n) is 12.5. The highest BCUT2D eigenvalue weighted by Crippen LogP contribution is 2.22. The van der Waals surface area contributed by atoms with Crippen molar-refractivity contribution in [3.63, 3.8) is 0 Å². The monoisotopic (exact) mass is 324 g/mol. The van der Waals surface area contributed by atoms with Gasteiger partial charge in [-0.15, -0.1) is 24.8 Å². The average Bonchev–Trinajstić information content (AvgIpc) is 2.26. The normalized spacial score (nSPS) is 12.1. The van der Waals surface area contributed by atoms with E-state index in [1.165, 1.54) is 0 Å². The maximum atomic E-state index is 9.81. The van der Waals surface area contributed by atoms with E-state index in [-0.39, 0.29) is 37.0 Å². The van der Waals surface area contributed by atoms with Crippen molar-refractivity contribution in [3.05, 3.63) is 23.8 Å². The van der Waals surface area contributed by atoms with Crippen molar-refractivity contribution in [3.8, 4) is 5.75 Å². The Balaban J connectivity index is 0. The molecule has 0 fully saturated rings. The van der Waals surface area contributed by atoms with Crippen molar-refractivity contribution in [1.29, 1.82) is 0 Å². The Hall–Kier alpha value is -0.680. The predicted octanol–water partition coefficient (Wildman–Crippen LogP) is 2.55. The van der Waals surface area contributed by atoms with Gasteiger partial charge in [0.2, 0.25) is 0 Å². The lowest BCUT2D eigenvalue weighted by Gasteiger charge is -2.23. The van der Waals surface area contributed by atoms with Crippen LogP contribution >= 0.6 is 24.8 Å². The third-order valence-corrected chi connectivity index (χ3v) is 2.47. The summed E-state index contributed by atoms with van der Waals surface area (Å²) in [6.07, 6.45) is -0.552. The molecule has 0 radical (unpaired) electrons. The van der Waals surface area contributed by atoms with Crippen molar-refractivity contribution < 1.29 is 9.84 Å². The molecular formula is C14H26Cl2N2O2. The summed E-state index contributed by atoms with van der Waals surface area (Å²) >= 11 is 0. The maximum Gasteiger partial charge on any atom is 0.142 e. The highest BCUT2D eigenvalue weighted by molar-refractivity contribution is 5.85. The molecule has 0 saturated heterocycles. The number of β-amino-alcohol motifs (C(OH)–C–C–N with tert-alkyl or cyclic N) is 1. The number of anilines is 1. The van der Waals surface area contributed by atoms with E-state index < -0.39 is 6.10 Å². The van der Waals surface area contributed by atoms with E-state index in [1.807, 2.05) is 25.1 Å². The first kappa shape index (κ1) is 21.6. The third-order valence-electron chi connectivity index (χ3n) is 2.47. The van der Waals surface area contributed by atoms with Gasteiger partial charge >= 0.3 is 0 Å². The molecule has 1 aromatic carbocycles. The Morgan fingerprint density at radius 3 is 2.45 bits per heavy atom. The number of rotatable bonds is 5. The van der Waals surface area contributed by atoms with Crippen molar-refractivity contribution in [2.45, 2.75) is 39.3 Å². The van der Waals surface area contributed by atoms with Gasteiger partial charge in [0.1, 0.15) is 18.5 Å². The number of halogens is 2. The lowest BCUT2D eigenvalue weighted by Crippen LogP contribution is -2.42. The second-order valence-electron chi connectivity index (χ2n) is 5.64. The fourth-order valence-electron chi connectivity index (χ4n) is 1.44. The molecule has 118 valence electrons. The minimum atomic E-state index is -0.552. The average molecular weight is 325 g/mol. The molecule has 0 aliphatic heterocycles. The van der Waals surface area contributed by atoms with E-state index in [4.69, 9.17) is 10.5 Å². The molecule has 1 aromatic rings. The Bertz CT molecular complexity index is 395. The maximum absolute atomic E-state index is 9.81. The highest BCUT2D eigenvalue weighted by Gasteiger charge is 2.13. The summed E-state index contributed by atoms with van der Waals surface area (Å²) in [5.74, 6) is 0.629. The van der Waals surface area contributed by atoms with Gasteiger partial charge in [0.05, 0.1) is 5.69 Å². The smallest absolute Gasteiger partial charge is 0.142 e. The molecule has 0 heterocycles. The van der Waals surface area contributed by atoms with Gasteiger partial charge in [0.25, 0.3) is 0 Å². The van der Waals surface area contributed by atoms with Crippen LogP contribution in [0.4, 0.5) is 5.69 Å². The van der Waals surface area contributed by atoms with Gasteiger partial charge in [0, 0.05) is 12.1 Å². The number of ether oxygens (including phenoxy) is 1. The standard InChI is InChI=1S/C14H24N2O2.2ClH/c1-10-5-6-12(15)13(7-10)18-9-11(17)8-16-14(2,3)4;;/h5-7,11,16-17H,8-9,15H2,1-4H3;2*1H. The summed E-state index contributed by atoms with van der Waals surface area (Å²) in [7, 11) is 0. The fraction of sp³-hybridized carbons (Fsp3) is 0.571. The minimum Gasteiger partial charge on any atom is -0.489 e. The van der Waals surface area contributed by atoms with Gasteiger partial charge in [-0.1, -0.05) is 6.07 Å². The Morgan fingerprint density at radius 1 is 1.30 bits per heavy atom. The number of nitrogens with one attached hydrogen (secondary N) is 1. The van der Waals surface area contributed by atoms with E-state index in [9.17, 15) is 5.11 Å². The molecule has 1 unspecified atom stereocenters. The van der Waals surface area contributed by atoms with Crippen LogP contribution in [0, 0.1) is 6.92 Å². The quantitative estimate of drug-likeness (QED) is 0.728. The summed E-state index contributed by atoms with van der Waals surface area (Å²) in [5, 5.41) is 13.0. The molecule has 0 aromatic heterocycles. The zero-order valence-corrected chi connectivity index (χ0v) is 14.1. The number of aryl methyl sites for hydroxylation is 1. The van der Waals surface area contributed by atoms with Crippen molar-refractivity contribution in [2.24, 2.45) is 0 Å². The zero-order chi connectivity index (χ0) is 13.8. The van der Waals surface area contributed by atoms with E-state index in [2.05, 4.69) is 26.1 Å². The first-order valence-corrected chi connectivity index (χ1v) is 6.20. The predicted molar refractivity (Wildman–Crippen MR) is 89.3 cm³/mol. The Labute approximate surface area is 133 Å². The molecule has 0 aliphatic carbocycles. The molecule has 1 atom stereocenters. The third kappa shape index (κ3) is 8.48. The highest BCUT2D eigenvalue weighted by atomic mass is 35.5. The molecule has 4 N–H and O–H groups in total. The summed E-state index contributed by atoms with van der Waals surface area (Å²) in [6.45, 7) is 8.87. The van der Waals surface area contributed by atoms with E-state index >= 15 is 0 Å². The molecule has 0 bridgehead atoms. The van der Waals surface area contributed by atoms with Crippen molar-refractivity contribution >= 4 is 30.5 Å². The number of hydrogen-bond acceptors (Lipinski definition) is 4. The van der Waals surface area contributed by atoms with Crippen LogP contribution in [0.5, 0.6) is 5.75 Å². The van der Waals surface area contributed by atoms with Crippen LogP contribution in [0.25, 0.3) is 0 Å². The molecule has 20 heavy (non-hydrogen) atoms. The summed E-state index contributed by atoms with van der Waals surface area (Å²) in [4.78, 5) is 0. The number of hydrogen-bond donors (Lipinski definition) is 3. The second kappa shape index (κ2) is 9.29. The number of nitrogen functional groups attached to an aromatic ring is 1. The van der Waals surface area contributed by atoms with Gasteiger partial charge in [-0.3, -0.25) is 0 Å². The molecule has 0 amide bonds. The Kier molecular flexibility index (Phi) is 10.0. The largest absolute Gasteiger partial charge is 0.489 e. The van der Waals surface area contributed by atoms with Gasteiger partial charge < -0.3 is 20.9 Å². The summed E-state index contributed by atoms with van der Waals surface area (Å²) < 4.78 is 5.53. The molecule has 4 nitrogen and oxygen atoms in total. The van der Waals surface area contributed by atoms with Crippen LogP contribution in [-0.4, -0.2) is 29.9 Å². The van der Waals surface area contributed by atoms with Gasteiger partial charge in [-0.05, 0) is 45.4 Å². The van der Waals surface area contributed by atoms with Gasteiger partial charge in [-0.25, -0.2) is 0 Å². The molecule has 6 heteroatoms. The molecule has 0 saturated carbocycles. The number of benzene rings is 1. The van der Waals surface area contributed by atoms with Crippen molar-refractivity contribution in [2.75, 3.05) is 18.9 Å². The van der Waals surface area contributed by atoms with E-state index in [1.54, 1.807) is 0 Å². The topological polar surface area (TPSA) is 67.5 Å². The number of nitrogens with two attached hydrogens (primary N) is 1. The lowest BCUT2D eigenvalue weighted by molar-refractivity contribution is 0.100. The molecule has 0 spiro atoms. The first-order valence-electron chi connectivity index (χ1n) is 6.20. The van der Waals surface area contributed by atoms with Crippen molar-refractivity contribution in [1.82, 2.24) is 5.32 Å². The van der Waals surface area contributed by atoms with Crippen LogP contribution in [0.2, 0.25) is 0 Å². The Morgan fingerprint density at radius 2 is 1.90 bits per heavy atom. The molecule has 1 rings (SSSR count). The van der Waals surface area contributed by atoms with Crippen LogP contribution in [0.1, 0.15) is 26.3 Å². The van der Waals surface area contributed by atoms with Crippen LogP contribution in [0.3, 0.4) is 0 Å². The first-order chi connectivity index (χ1) is 8.28. The van der Waals surface area contributed by atoms with Crippen LogP contribution in [0.15, 0.2) is 18.2 Å². The second-order valence-corrected chi connectivity index (χ2v) is 5.64. The van der Waals surface area contributed by atoms with Gasteiger partial charge in [-0.2, -0.15) is 0 Å². The molecular weight excluding hydrogens is 299 g/mol. The minimum absolute atomic E-state index is 0. The molecule has 0 aliphatic rings. The lowest BCUT2D eigenvalue weighted by atomic mass is 10.1. The number of aliphatic hydroxyl groups is 1. The summed E-state index contributed by atoms with van der Waals surface area (Å²) in [5.41, 5.74) is 7.46. The number of aliphatic hydroxyl groups excluding tert-OH is 1. The van der Waals surface area contributed by atoms with Crippen LogP contribution in [-0.2, 0) is 0 Å². The summed E-state index contributed by atoms with van der Waals surface area (Å²) in [6, 6.07) is 5.61.